The molecule has 0 atom stereocenters. The SMILES string of the molecule is CN(C)CCCOc1ccc2c(=O)cc(CCc3cccc(F)c3F)n(CC(=O)O)c2c1.Cl. The van der Waals surface area contributed by atoms with Crippen molar-refractivity contribution in [1.29, 1.82) is 0 Å². The van der Waals surface area contributed by atoms with Crippen LogP contribution < -0.4 is 10.2 Å². The molecule has 0 fully saturated rings. The lowest BCUT2D eigenvalue weighted by atomic mass is 10.0. The molecule has 0 saturated heterocycles. The van der Waals surface area contributed by atoms with Gasteiger partial charge in [0.2, 0.25) is 0 Å². The van der Waals surface area contributed by atoms with Crippen LogP contribution in [0.1, 0.15) is 17.7 Å². The van der Waals surface area contributed by atoms with Crippen molar-refractivity contribution in [3.63, 3.8) is 0 Å². The molecule has 1 aromatic heterocycles. The fourth-order valence-electron chi connectivity index (χ4n) is 3.60. The van der Waals surface area contributed by atoms with Crippen LogP contribution in [-0.4, -0.2) is 47.8 Å². The summed E-state index contributed by atoms with van der Waals surface area (Å²) in [5.41, 5.74) is 0.756. The molecule has 3 aromatic rings. The van der Waals surface area contributed by atoms with Crippen LogP contribution in [0.3, 0.4) is 0 Å². The third-order valence-corrected chi connectivity index (χ3v) is 5.16. The van der Waals surface area contributed by atoms with E-state index in [4.69, 9.17) is 4.74 Å². The Labute approximate surface area is 196 Å². The van der Waals surface area contributed by atoms with Crippen LogP contribution in [0.25, 0.3) is 10.9 Å². The number of aryl methyl sites for hydroxylation is 2. The summed E-state index contributed by atoms with van der Waals surface area (Å²) in [6.07, 6.45) is 1.11. The summed E-state index contributed by atoms with van der Waals surface area (Å²) in [5.74, 6) is -2.43. The van der Waals surface area contributed by atoms with E-state index >= 15 is 0 Å². The molecule has 0 amide bonds. The number of pyridine rings is 1. The minimum absolute atomic E-state index is 0. The Morgan fingerprint density at radius 3 is 2.58 bits per heavy atom. The number of ether oxygens (including phenoxy) is 1. The van der Waals surface area contributed by atoms with Gasteiger partial charge in [-0.1, -0.05) is 12.1 Å². The van der Waals surface area contributed by atoms with E-state index in [2.05, 4.69) is 0 Å². The minimum atomic E-state index is -1.08. The molecule has 0 aliphatic rings. The number of halogens is 3. The highest BCUT2D eigenvalue weighted by Crippen LogP contribution is 2.22. The lowest BCUT2D eigenvalue weighted by Crippen LogP contribution is -2.19. The molecule has 1 N–H and O–H groups in total. The van der Waals surface area contributed by atoms with Crippen molar-refractivity contribution in [1.82, 2.24) is 9.47 Å². The van der Waals surface area contributed by atoms with Crippen molar-refractivity contribution in [2.45, 2.75) is 25.8 Å². The molecule has 33 heavy (non-hydrogen) atoms. The standard InChI is InChI=1S/C24H26F2N2O4.ClH/c1-27(2)11-4-12-32-18-9-10-19-21(14-18)28(15-23(30)31)17(13-22(19)29)8-7-16-5-3-6-20(25)24(16)26;/h3,5-6,9-10,13-14H,4,7-8,11-12,15H2,1-2H3,(H,30,31);1H. The maximum absolute atomic E-state index is 14.0. The number of aliphatic carboxylic acids is 1. The smallest absolute Gasteiger partial charge is 0.323 e. The molecule has 0 bridgehead atoms. The van der Waals surface area contributed by atoms with E-state index in [1.54, 1.807) is 18.2 Å². The van der Waals surface area contributed by atoms with E-state index in [1.165, 1.54) is 22.8 Å². The van der Waals surface area contributed by atoms with Gasteiger partial charge in [0, 0.05) is 29.8 Å². The Balaban J connectivity index is 0.00000385. The molecule has 0 radical (unpaired) electrons. The molecule has 9 heteroatoms. The fraction of sp³-hybridized carbons (Fsp3) is 0.333. The van der Waals surface area contributed by atoms with Crippen molar-refractivity contribution in [3.8, 4) is 5.75 Å². The first kappa shape index (κ1) is 26.3. The number of benzene rings is 2. The minimum Gasteiger partial charge on any atom is -0.493 e. The molecule has 0 aliphatic heterocycles. The number of hydrogen-bond acceptors (Lipinski definition) is 4. The number of nitrogens with zero attached hydrogens (tertiary/aromatic N) is 2. The van der Waals surface area contributed by atoms with Gasteiger partial charge in [-0.15, -0.1) is 12.4 Å². The number of carbonyl (C=O) groups is 1. The van der Waals surface area contributed by atoms with Crippen LogP contribution in [0.2, 0.25) is 0 Å². The average Bonchev–Trinajstić information content (AvgIpc) is 2.74. The highest BCUT2D eigenvalue weighted by molar-refractivity contribution is 5.85. The number of carboxylic acid groups (broad SMARTS) is 1. The van der Waals surface area contributed by atoms with E-state index in [0.29, 0.717) is 29.0 Å². The summed E-state index contributed by atoms with van der Waals surface area (Å²) < 4.78 is 34.9. The van der Waals surface area contributed by atoms with E-state index in [9.17, 15) is 23.5 Å². The van der Waals surface area contributed by atoms with E-state index < -0.39 is 17.6 Å². The average molecular weight is 481 g/mol. The van der Waals surface area contributed by atoms with Gasteiger partial charge in [-0.3, -0.25) is 9.59 Å². The number of fused-ring (bicyclic) bond motifs is 1. The summed E-state index contributed by atoms with van der Waals surface area (Å²) in [5, 5.41) is 9.80. The van der Waals surface area contributed by atoms with Gasteiger partial charge < -0.3 is 19.3 Å². The van der Waals surface area contributed by atoms with Gasteiger partial charge in [0.15, 0.2) is 17.1 Å². The van der Waals surface area contributed by atoms with Crippen LogP contribution in [0.4, 0.5) is 8.78 Å². The summed E-state index contributed by atoms with van der Waals surface area (Å²) in [4.78, 5) is 26.3. The fourth-order valence-corrected chi connectivity index (χ4v) is 3.60. The van der Waals surface area contributed by atoms with Crippen molar-refractivity contribution >= 4 is 29.3 Å². The summed E-state index contributed by atoms with van der Waals surface area (Å²) in [7, 11) is 3.94. The van der Waals surface area contributed by atoms with Gasteiger partial charge >= 0.3 is 5.97 Å². The summed E-state index contributed by atoms with van der Waals surface area (Å²) >= 11 is 0. The molecule has 0 unspecified atom stereocenters. The first-order valence-corrected chi connectivity index (χ1v) is 10.3. The van der Waals surface area contributed by atoms with Crippen LogP contribution in [-0.2, 0) is 24.2 Å². The second-order valence-electron chi connectivity index (χ2n) is 7.88. The third kappa shape index (κ3) is 6.76. The maximum Gasteiger partial charge on any atom is 0.323 e. The molecule has 6 nitrogen and oxygen atoms in total. The van der Waals surface area contributed by atoms with Gasteiger partial charge in [-0.2, -0.15) is 0 Å². The Kier molecular flexibility index (Phi) is 9.37. The quantitative estimate of drug-likeness (QED) is 0.446. The molecular formula is C24H27ClF2N2O4. The molecule has 1 heterocycles. The largest absolute Gasteiger partial charge is 0.493 e. The Morgan fingerprint density at radius 2 is 1.88 bits per heavy atom. The number of hydrogen-bond donors (Lipinski definition) is 1. The van der Waals surface area contributed by atoms with Crippen LogP contribution in [0, 0.1) is 11.6 Å². The first-order valence-electron chi connectivity index (χ1n) is 10.3. The molecule has 2 aromatic carbocycles. The van der Waals surface area contributed by atoms with E-state index in [0.717, 1.165) is 19.0 Å². The van der Waals surface area contributed by atoms with Crippen molar-refractivity contribution in [2.24, 2.45) is 0 Å². The number of carboxylic acids is 1. The summed E-state index contributed by atoms with van der Waals surface area (Å²) in [6.45, 7) is 0.964. The first-order chi connectivity index (χ1) is 15.3. The number of rotatable bonds is 10. The van der Waals surface area contributed by atoms with Crippen molar-refractivity contribution in [2.75, 3.05) is 27.2 Å². The third-order valence-electron chi connectivity index (χ3n) is 5.16. The zero-order chi connectivity index (χ0) is 23.3. The van der Waals surface area contributed by atoms with Gasteiger partial charge in [-0.05, 0) is 57.1 Å². The van der Waals surface area contributed by atoms with Crippen molar-refractivity contribution in [3.05, 3.63) is 75.6 Å². The predicted octanol–water partition coefficient (Wildman–Crippen LogP) is 3.90. The molecule has 3 rings (SSSR count). The van der Waals surface area contributed by atoms with Crippen molar-refractivity contribution < 1.29 is 23.4 Å². The lowest BCUT2D eigenvalue weighted by Gasteiger charge is -2.17. The Morgan fingerprint density at radius 1 is 1.12 bits per heavy atom. The molecule has 178 valence electrons. The predicted molar refractivity (Wildman–Crippen MR) is 126 cm³/mol. The maximum atomic E-state index is 14.0. The van der Waals surface area contributed by atoms with Crippen LogP contribution in [0.15, 0.2) is 47.3 Å². The van der Waals surface area contributed by atoms with E-state index in [-0.39, 0.29) is 42.8 Å². The van der Waals surface area contributed by atoms with Gasteiger partial charge in [0.1, 0.15) is 12.3 Å². The highest BCUT2D eigenvalue weighted by atomic mass is 35.5. The normalized spacial score (nSPS) is 10.9. The molecule has 0 saturated carbocycles. The molecular weight excluding hydrogens is 454 g/mol. The summed E-state index contributed by atoms with van der Waals surface area (Å²) in [6, 6.07) is 10.2. The van der Waals surface area contributed by atoms with Crippen LogP contribution >= 0.6 is 12.4 Å². The Bertz CT molecular complexity index is 1180. The van der Waals surface area contributed by atoms with Gasteiger partial charge in [0.05, 0.1) is 12.1 Å². The second-order valence-corrected chi connectivity index (χ2v) is 7.88. The lowest BCUT2D eigenvalue weighted by molar-refractivity contribution is -0.137. The zero-order valence-electron chi connectivity index (χ0n) is 18.5. The second kappa shape index (κ2) is 11.8. The van der Waals surface area contributed by atoms with Gasteiger partial charge in [-0.25, -0.2) is 8.78 Å². The van der Waals surface area contributed by atoms with Crippen LogP contribution in [0.5, 0.6) is 5.75 Å². The molecule has 0 aliphatic carbocycles. The van der Waals surface area contributed by atoms with E-state index in [1.807, 2.05) is 19.0 Å². The molecule has 0 spiro atoms. The monoisotopic (exact) mass is 480 g/mol. The number of aromatic nitrogens is 1. The highest BCUT2D eigenvalue weighted by Gasteiger charge is 2.15. The zero-order valence-corrected chi connectivity index (χ0v) is 19.3. The van der Waals surface area contributed by atoms with Gasteiger partial charge in [0.25, 0.3) is 0 Å². The Hall–Kier alpha value is -2.97. The topological polar surface area (TPSA) is 71.8 Å².